The molecule has 0 atom stereocenters. The van der Waals surface area contributed by atoms with Crippen molar-refractivity contribution < 1.29 is 26.5 Å². The van der Waals surface area contributed by atoms with Gasteiger partial charge in [-0.1, -0.05) is 72.8 Å². The van der Waals surface area contributed by atoms with Crippen LogP contribution >= 0.6 is 41.6 Å². The smallest absolute Gasteiger partial charge is 0.231 e. The number of imidazole rings is 1. The van der Waals surface area contributed by atoms with Gasteiger partial charge in [-0.25, -0.2) is 15.0 Å². The van der Waals surface area contributed by atoms with E-state index in [0.717, 1.165) is 69.2 Å². The van der Waals surface area contributed by atoms with Gasteiger partial charge in [0, 0.05) is 15.0 Å². The molecule has 0 amide bonds. The lowest BCUT2D eigenvalue weighted by molar-refractivity contribution is -0.0000106. The molecule has 4 aromatic carbocycles. The topological polar surface area (TPSA) is 88.1 Å². The molecular formula is C36H34BrIN5O2PS. The van der Waals surface area contributed by atoms with Crippen molar-refractivity contribution in [2.24, 2.45) is 0 Å². The van der Waals surface area contributed by atoms with Crippen LogP contribution in [0.1, 0.15) is 25.7 Å². The SMILES string of the molecule is Nc1ncnc2c1nc(Sc1cc3c(cc1I)OCO3)n2CCCCCC[P+](c1ccccc1)(c1ccccc1)c1ccccc1.[Br-]. The molecule has 2 aromatic heterocycles. The standard InChI is InChI=1S/C36H34IN5O2PS.BrH/c37-29-22-30-31(44-25-43-30)23-32(29)46-36-41-33-34(38)39-24-40-35(33)42(36)20-12-1-2-13-21-45(26-14-6-3-7-15-26,27-16-8-4-9-17-27)28-18-10-5-11-19-28;/h3-11,14-19,22-24H,1-2,12-13,20-21,25H2,(H2,38,39,40);1H/q+1;/p-1. The Bertz CT molecular complexity index is 1850. The first-order valence-corrected chi connectivity index (χ1v) is 19.3. The monoisotopic (exact) mass is 837 g/mol. The summed E-state index contributed by atoms with van der Waals surface area (Å²) >= 11 is 3.93. The van der Waals surface area contributed by atoms with Gasteiger partial charge in [-0.15, -0.1) is 0 Å². The molecule has 0 fully saturated rings. The number of fused-ring (bicyclic) bond motifs is 2. The molecule has 11 heteroatoms. The zero-order valence-corrected chi connectivity index (χ0v) is 31.1. The Balaban J connectivity index is 0.00000386. The fourth-order valence-corrected chi connectivity index (χ4v) is 12.3. The molecule has 7 nitrogen and oxygen atoms in total. The highest BCUT2D eigenvalue weighted by Gasteiger charge is 2.44. The third kappa shape index (κ3) is 7.02. The second-order valence-electron chi connectivity index (χ2n) is 11.2. The molecule has 0 spiro atoms. The Morgan fingerprint density at radius 1 is 0.766 bits per heavy atom. The number of nitrogens with zero attached hydrogens (tertiary/aromatic N) is 4. The second-order valence-corrected chi connectivity index (χ2v) is 17.0. The van der Waals surface area contributed by atoms with E-state index in [1.54, 1.807) is 11.8 Å². The molecule has 240 valence electrons. The van der Waals surface area contributed by atoms with Crippen molar-refractivity contribution in [1.29, 1.82) is 0 Å². The van der Waals surface area contributed by atoms with Crippen LogP contribution < -0.4 is 48.1 Å². The lowest BCUT2D eigenvalue weighted by Crippen LogP contribution is -3.00. The molecule has 1 aliphatic rings. The molecule has 1 aliphatic heterocycles. The first-order chi connectivity index (χ1) is 22.6. The highest BCUT2D eigenvalue weighted by molar-refractivity contribution is 14.1. The summed E-state index contributed by atoms with van der Waals surface area (Å²) in [7, 11) is -1.81. The number of nitrogens with two attached hydrogens (primary N) is 1. The number of hydrogen-bond donors (Lipinski definition) is 1. The molecule has 0 radical (unpaired) electrons. The van der Waals surface area contributed by atoms with E-state index in [0.29, 0.717) is 11.3 Å². The number of aryl methyl sites for hydroxylation is 1. The molecule has 0 unspecified atom stereocenters. The van der Waals surface area contributed by atoms with Gasteiger partial charge in [-0.2, -0.15) is 0 Å². The van der Waals surface area contributed by atoms with Crippen LogP contribution in [-0.4, -0.2) is 32.5 Å². The predicted molar refractivity (Wildman–Crippen MR) is 198 cm³/mol. The summed E-state index contributed by atoms with van der Waals surface area (Å²) in [5.74, 6) is 1.93. The van der Waals surface area contributed by atoms with Crippen LogP contribution in [0.3, 0.4) is 0 Å². The van der Waals surface area contributed by atoms with Crippen LogP contribution in [0, 0.1) is 3.57 Å². The van der Waals surface area contributed by atoms with Gasteiger partial charge < -0.3 is 36.8 Å². The summed E-state index contributed by atoms with van der Waals surface area (Å²) in [5.41, 5.74) is 7.66. The fraction of sp³-hybridized carbons (Fsp3) is 0.194. The summed E-state index contributed by atoms with van der Waals surface area (Å²) in [4.78, 5) is 14.7. The van der Waals surface area contributed by atoms with Crippen LogP contribution in [0.5, 0.6) is 11.5 Å². The molecule has 2 N–H and O–H groups in total. The lowest BCUT2D eigenvalue weighted by atomic mass is 10.2. The van der Waals surface area contributed by atoms with E-state index in [-0.39, 0.29) is 23.8 Å². The maximum absolute atomic E-state index is 6.24. The predicted octanol–water partition coefficient (Wildman–Crippen LogP) is 4.45. The van der Waals surface area contributed by atoms with E-state index in [1.165, 1.54) is 22.2 Å². The van der Waals surface area contributed by atoms with Crippen LogP contribution in [-0.2, 0) is 6.54 Å². The van der Waals surface area contributed by atoms with E-state index < -0.39 is 7.26 Å². The summed E-state index contributed by atoms with van der Waals surface area (Å²) in [5, 5.41) is 5.17. The molecule has 0 saturated heterocycles. The summed E-state index contributed by atoms with van der Waals surface area (Å²) in [6.07, 6.45) is 7.05. The van der Waals surface area contributed by atoms with Crippen LogP contribution in [0.4, 0.5) is 5.82 Å². The van der Waals surface area contributed by atoms with Crippen LogP contribution in [0.25, 0.3) is 11.2 Å². The summed E-state index contributed by atoms with van der Waals surface area (Å²) in [6, 6.07) is 37.4. The Kier molecular flexibility index (Phi) is 11.0. The molecular weight excluding hydrogens is 804 g/mol. The summed E-state index contributed by atoms with van der Waals surface area (Å²) < 4.78 is 14.5. The first-order valence-electron chi connectivity index (χ1n) is 15.4. The Hall–Kier alpha value is -3.18. The Morgan fingerprint density at radius 2 is 1.34 bits per heavy atom. The van der Waals surface area contributed by atoms with E-state index >= 15 is 0 Å². The quantitative estimate of drug-likeness (QED) is 0.111. The number of nitrogen functional groups attached to an aromatic ring is 1. The van der Waals surface area contributed by atoms with Crippen molar-refractivity contribution in [3.63, 3.8) is 0 Å². The van der Waals surface area contributed by atoms with Crippen molar-refractivity contribution in [3.8, 4) is 11.5 Å². The average molecular weight is 839 g/mol. The highest BCUT2D eigenvalue weighted by atomic mass is 127. The van der Waals surface area contributed by atoms with Crippen molar-refractivity contribution in [2.45, 2.75) is 42.3 Å². The average Bonchev–Trinajstić information content (AvgIpc) is 3.70. The Labute approximate surface area is 304 Å². The molecule has 0 saturated carbocycles. The number of aromatic nitrogens is 4. The second kappa shape index (κ2) is 15.4. The molecule has 7 rings (SSSR count). The number of ether oxygens (including phenoxy) is 2. The fourth-order valence-electron chi connectivity index (χ4n) is 6.14. The molecule has 6 aromatic rings. The van der Waals surface area contributed by atoms with Gasteiger partial charge in [-0.3, -0.25) is 0 Å². The summed E-state index contributed by atoms with van der Waals surface area (Å²) in [6.45, 7) is 1.04. The van der Waals surface area contributed by atoms with Crippen LogP contribution in [0.15, 0.2) is 120 Å². The zero-order chi connectivity index (χ0) is 31.3. The Morgan fingerprint density at radius 3 is 1.96 bits per heavy atom. The van der Waals surface area contributed by atoms with Crippen molar-refractivity contribution in [2.75, 3.05) is 18.7 Å². The maximum Gasteiger partial charge on any atom is 0.231 e. The number of hydrogen-bond acceptors (Lipinski definition) is 7. The normalized spacial score (nSPS) is 12.3. The zero-order valence-electron chi connectivity index (χ0n) is 25.6. The van der Waals surface area contributed by atoms with Gasteiger partial charge in [0.1, 0.15) is 29.5 Å². The number of benzene rings is 4. The minimum atomic E-state index is -1.81. The number of halogens is 2. The van der Waals surface area contributed by atoms with Crippen molar-refractivity contribution in [3.05, 3.63) is 113 Å². The van der Waals surface area contributed by atoms with Gasteiger partial charge in [0.2, 0.25) is 6.79 Å². The third-order valence-electron chi connectivity index (χ3n) is 8.37. The van der Waals surface area contributed by atoms with Gasteiger partial charge in [0.05, 0.1) is 6.16 Å². The number of unbranched alkanes of at least 4 members (excludes halogenated alkanes) is 3. The minimum absolute atomic E-state index is 0. The maximum atomic E-state index is 6.24. The first kappa shape index (κ1) is 33.7. The van der Waals surface area contributed by atoms with E-state index in [2.05, 4.69) is 128 Å². The molecule has 47 heavy (non-hydrogen) atoms. The van der Waals surface area contributed by atoms with Crippen molar-refractivity contribution in [1.82, 2.24) is 19.5 Å². The third-order valence-corrected chi connectivity index (χ3v) is 15.2. The van der Waals surface area contributed by atoms with E-state index in [4.69, 9.17) is 20.2 Å². The molecule has 0 aliphatic carbocycles. The molecule has 3 heterocycles. The van der Waals surface area contributed by atoms with Gasteiger partial charge >= 0.3 is 0 Å². The van der Waals surface area contributed by atoms with E-state index in [1.807, 2.05) is 12.1 Å². The largest absolute Gasteiger partial charge is 1.00 e. The van der Waals surface area contributed by atoms with Crippen LogP contribution in [0.2, 0.25) is 0 Å². The highest BCUT2D eigenvalue weighted by Crippen LogP contribution is 2.56. The number of anilines is 1. The van der Waals surface area contributed by atoms with E-state index in [9.17, 15) is 0 Å². The molecule has 0 bridgehead atoms. The van der Waals surface area contributed by atoms with Gasteiger partial charge in [0.15, 0.2) is 33.6 Å². The van der Waals surface area contributed by atoms with Gasteiger partial charge in [0.25, 0.3) is 0 Å². The van der Waals surface area contributed by atoms with Gasteiger partial charge in [-0.05, 0) is 90.4 Å². The van der Waals surface area contributed by atoms with Crippen molar-refractivity contribution >= 4 is 74.5 Å². The number of rotatable bonds is 12. The minimum Gasteiger partial charge on any atom is -1.00 e. The lowest BCUT2D eigenvalue weighted by Gasteiger charge is -2.27.